The van der Waals surface area contributed by atoms with Crippen molar-refractivity contribution in [2.45, 2.75) is 42.5 Å². The number of unbranched alkanes of at least 4 members (excludes halogenated alkanes) is 2. The van der Waals surface area contributed by atoms with E-state index in [4.69, 9.17) is 46.4 Å². The zero-order valence-electron chi connectivity index (χ0n) is 7.94. The van der Waals surface area contributed by atoms with Gasteiger partial charge in [-0.05, 0) is 18.9 Å². The highest BCUT2D eigenvalue weighted by molar-refractivity contribution is 6.68. The van der Waals surface area contributed by atoms with Crippen LogP contribution < -0.4 is 0 Å². The molecule has 0 heterocycles. The molecule has 0 fully saturated rings. The molecule has 1 unspecified atom stereocenters. The SMILES string of the molecule is CCCCCC(Cl)=CC(O)C(Cl)(Cl)Cl. The smallest absolute Gasteiger partial charge is 0.219 e. The Morgan fingerprint density at radius 1 is 1.36 bits per heavy atom. The van der Waals surface area contributed by atoms with Gasteiger partial charge in [-0.2, -0.15) is 0 Å². The van der Waals surface area contributed by atoms with E-state index in [2.05, 4.69) is 6.92 Å². The van der Waals surface area contributed by atoms with Crippen LogP contribution in [0, 0.1) is 0 Å². The highest BCUT2D eigenvalue weighted by atomic mass is 35.6. The first-order chi connectivity index (χ1) is 6.38. The van der Waals surface area contributed by atoms with Gasteiger partial charge in [-0.15, -0.1) is 0 Å². The van der Waals surface area contributed by atoms with E-state index in [9.17, 15) is 5.11 Å². The van der Waals surface area contributed by atoms with Crippen LogP contribution >= 0.6 is 46.4 Å². The molecular weight excluding hydrogens is 266 g/mol. The van der Waals surface area contributed by atoms with Crippen molar-refractivity contribution in [3.8, 4) is 0 Å². The molecule has 84 valence electrons. The van der Waals surface area contributed by atoms with Gasteiger partial charge in [-0.1, -0.05) is 66.2 Å². The molecule has 0 saturated carbocycles. The quantitative estimate of drug-likeness (QED) is 0.583. The predicted molar refractivity (Wildman–Crippen MR) is 64.4 cm³/mol. The number of hydrogen-bond acceptors (Lipinski definition) is 1. The summed E-state index contributed by atoms with van der Waals surface area (Å²) < 4.78 is -1.70. The molecule has 0 rings (SSSR count). The van der Waals surface area contributed by atoms with Gasteiger partial charge in [0.25, 0.3) is 0 Å². The summed E-state index contributed by atoms with van der Waals surface area (Å²) in [6, 6.07) is 0. The summed E-state index contributed by atoms with van der Waals surface area (Å²) in [6.07, 6.45) is 4.16. The summed E-state index contributed by atoms with van der Waals surface area (Å²) in [6.45, 7) is 2.10. The lowest BCUT2D eigenvalue weighted by Crippen LogP contribution is -2.22. The predicted octanol–water partition coefficient (Wildman–Crippen LogP) is 4.42. The van der Waals surface area contributed by atoms with Crippen molar-refractivity contribution >= 4 is 46.4 Å². The average Bonchev–Trinajstić information content (AvgIpc) is 2.03. The highest BCUT2D eigenvalue weighted by Gasteiger charge is 2.29. The van der Waals surface area contributed by atoms with Gasteiger partial charge < -0.3 is 5.11 Å². The van der Waals surface area contributed by atoms with E-state index in [0.29, 0.717) is 11.5 Å². The third-order valence-corrected chi connectivity index (χ3v) is 2.68. The first-order valence-corrected chi connectivity index (χ1v) is 6.00. The van der Waals surface area contributed by atoms with E-state index < -0.39 is 9.90 Å². The molecule has 0 aliphatic rings. The van der Waals surface area contributed by atoms with Gasteiger partial charge in [0.1, 0.15) is 6.10 Å². The van der Waals surface area contributed by atoms with Gasteiger partial charge in [0, 0.05) is 5.03 Å². The van der Waals surface area contributed by atoms with Crippen LogP contribution in [0.4, 0.5) is 0 Å². The molecule has 0 saturated heterocycles. The summed E-state index contributed by atoms with van der Waals surface area (Å²) >= 11 is 22.2. The molecule has 0 aliphatic heterocycles. The van der Waals surface area contributed by atoms with Gasteiger partial charge in [-0.3, -0.25) is 0 Å². The second-order valence-corrected chi connectivity index (χ2v) is 5.91. The largest absolute Gasteiger partial charge is 0.384 e. The molecule has 0 bridgehead atoms. The fraction of sp³-hybridized carbons (Fsp3) is 0.778. The van der Waals surface area contributed by atoms with Crippen LogP contribution in [0.15, 0.2) is 11.1 Å². The lowest BCUT2D eigenvalue weighted by atomic mass is 10.2. The standard InChI is InChI=1S/C9H14Cl4O/c1-2-3-4-5-7(10)6-8(14)9(11,12)13/h6,8,14H,2-5H2,1H3. The molecule has 0 radical (unpaired) electrons. The Balaban J connectivity index is 3.97. The van der Waals surface area contributed by atoms with E-state index in [1.54, 1.807) is 0 Å². The molecule has 0 amide bonds. The molecule has 1 atom stereocenters. The Hall–Kier alpha value is 0.860. The monoisotopic (exact) mass is 278 g/mol. The van der Waals surface area contributed by atoms with Crippen LogP contribution in [0.5, 0.6) is 0 Å². The topological polar surface area (TPSA) is 20.2 Å². The molecular formula is C9H14Cl4O. The summed E-state index contributed by atoms with van der Waals surface area (Å²) in [5.74, 6) is 0. The molecule has 0 aromatic rings. The lowest BCUT2D eigenvalue weighted by Gasteiger charge is -2.15. The minimum Gasteiger partial charge on any atom is -0.384 e. The van der Waals surface area contributed by atoms with E-state index in [0.717, 1.165) is 19.3 Å². The Bertz CT molecular complexity index is 186. The Kier molecular flexibility index (Phi) is 7.63. The second-order valence-electron chi connectivity index (χ2n) is 3.06. The summed E-state index contributed by atoms with van der Waals surface area (Å²) in [7, 11) is 0. The maximum atomic E-state index is 9.36. The fourth-order valence-corrected chi connectivity index (χ4v) is 1.33. The molecule has 0 aromatic heterocycles. The number of allylic oxidation sites excluding steroid dienone is 1. The summed E-state index contributed by atoms with van der Waals surface area (Å²) in [5.41, 5.74) is 0. The Labute approximate surface area is 105 Å². The zero-order valence-corrected chi connectivity index (χ0v) is 11.0. The maximum absolute atomic E-state index is 9.36. The molecule has 1 nitrogen and oxygen atoms in total. The molecule has 1 N–H and O–H groups in total. The van der Waals surface area contributed by atoms with E-state index >= 15 is 0 Å². The zero-order chi connectivity index (χ0) is 11.2. The fourth-order valence-electron chi connectivity index (χ4n) is 0.893. The van der Waals surface area contributed by atoms with E-state index in [1.807, 2.05) is 0 Å². The van der Waals surface area contributed by atoms with E-state index in [-0.39, 0.29) is 0 Å². The third-order valence-electron chi connectivity index (χ3n) is 1.69. The van der Waals surface area contributed by atoms with Crippen molar-refractivity contribution in [2.75, 3.05) is 0 Å². The first kappa shape index (κ1) is 14.9. The van der Waals surface area contributed by atoms with Crippen molar-refractivity contribution in [3.05, 3.63) is 11.1 Å². The number of aliphatic hydroxyl groups is 1. The molecule has 5 heteroatoms. The molecule has 0 spiro atoms. The maximum Gasteiger partial charge on any atom is 0.219 e. The van der Waals surface area contributed by atoms with Crippen molar-refractivity contribution in [3.63, 3.8) is 0 Å². The van der Waals surface area contributed by atoms with Gasteiger partial charge in [0.05, 0.1) is 0 Å². The molecule has 0 aliphatic carbocycles. The van der Waals surface area contributed by atoms with Crippen LogP contribution in [-0.4, -0.2) is 15.0 Å². The van der Waals surface area contributed by atoms with Crippen molar-refractivity contribution in [1.82, 2.24) is 0 Å². The minimum atomic E-state index is -1.70. The van der Waals surface area contributed by atoms with Crippen LogP contribution in [-0.2, 0) is 0 Å². The first-order valence-electron chi connectivity index (χ1n) is 4.49. The average molecular weight is 280 g/mol. The number of hydrogen-bond donors (Lipinski definition) is 1. The van der Waals surface area contributed by atoms with Gasteiger partial charge >= 0.3 is 0 Å². The lowest BCUT2D eigenvalue weighted by molar-refractivity contribution is 0.227. The third kappa shape index (κ3) is 7.19. The molecule has 14 heavy (non-hydrogen) atoms. The number of aliphatic hydroxyl groups excluding tert-OH is 1. The van der Waals surface area contributed by atoms with Crippen LogP contribution in [0.2, 0.25) is 0 Å². The van der Waals surface area contributed by atoms with Gasteiger partial charge in [-0.25, -0.2) is 0 Å². The normalized spacial score (nSPS) is 15.7. The van der Waals surface area contributed by atoms with Crippen LogP contribution in [0.1, 0.15) is 32.6 Å². The Morgan fingerprint density at radius 3 is 2.36 bits per heavy atom. The number of alkyl halides is 3. The van der Waals surface area contributed by atoms with Gasteiger partial charge in [0.15, 0.2) is 0 Å². The molecule has 0 aromatic carbocycles. The van der Waals surface area contributed by atoms with Crippen LogP contribution in [0.25, 0.3) is 0 Å². The number of rotatable bonds is 5. The summed E-state index contributed by atoms with van der Waals surface area (Å²) in [4.78, 5) is 0. The highest BCUT2D eigenvalue weighted by Crippen LogP contribution is 2.32. The van der Waals surface area contributed by atoms with Crippen molar-refractivity contribution in [1.29, 1.82) is 0 Å². The van der Waals surface area contributed by atoms with E-state index in [1.165, 1.54) is 6.08 Å². The Morgan fingerprint density at radius 2 is 1.93 bits per heavy atom. The van der Waals surface area contributed by atoms with Crippen molar-refractivity contribution < 1.29 is 5.11 Å². The van der Waals surface area contributed by atoms with Crippen LogP contribution in [0.3, 0.4) is 0 Å². The van der Waals surface area contributed by atoms with Gasteiger partial charge in [0.2, 0.25) is 3.79 Å². The second kappa shape index (κ2) is 7.19. The minimum absolute atomic E-state index is 0.539. The summed E-state index contributed by atoms with van der Waals surface area (Å²) in [5, 5.41) is 9.90. The number of halogens is 4. The van der Waals surface area contributed by atoms with Crippen molar-refractivity contribution in [2.24, 2.45) is 0 Å².